The Morgan fingerprint density at radius 3 is 2.79 bits per heavy atom. The third kappa shape index (κ3) is 4.11. The van der Waals surface area contributed by atoms with Gasteiger partial charge in [0.15, 0.2) is 0 Å². The fourth-order valence-corrected chi connectivity index (χ4v) is 4.65. The molecule has 136 valence electrons. The summed E-state index contributed by atoms with van der Waals surface area (Å²) in [6.45, 7) is 4.29. The lowest BCUT2D eigenvalue weighted by molar-refractivity contribution is -0.137. The zero-order valence-electron chi connectivity index (χ0n) is 15.1. The number of piperidine rings is 1. The van der Waals surface area contributed by atoms with Gasteiger partial charge in [0.05, 0.1) is 12.0 Å². The van der Waals surface area contributed by atoms with Gasteiger partial charge >= 0.3 is 0 Å². The van der Waals surface area contributed by atoms with Gasteiger partial charge in [0, 0.05) is 25.7 Å². The van der Waals surface area contributed by atoms with Crippen LogP contribution in [-0.4, -0.2) is 48.4 Å². The van der Waals surface area contributed by atoms with Crippen molar-refractivity contribution in [3.8, 4) is 0 Å². The Morgan fingerprint density at radius 1 is 1.17 bits per heavy atom. The van der Waals surface area contributed by atoms with Crippen molar-refractivity contribution in [3.63, 3.8) is 0 Å². The minimum atomic E-state index is -0.0248. The number of amides is 2. The fraction of sp³-hybridized carbons (Fsp3) is 0.895. The summed E-state index contributed by atoms with van der Waals surface area (Å²) in [5.74, 6) is 1.03. The minimum absolute atomic E-state index is 0.0139. The first-order valence-electron chi connectivity index (χ1n) is 10.0. The number of hydrogen-bond donors (Lipinski definition) is 2. The first kappa shape index (κ1) is 17.7. The van der Waals surface area contributed by atoms with Crippen molar-refractivity contribution >= 4 is 11.8 Å². The molecule has 0 aromatic heterocycles. The maximum Gasteiger partial charge on any atom is 0.239 e. The molecule has 0 spiro atoms. The molecule has 3 aliphatic rings. The molecule has 2 amide bonds. The molecule has 24 heavy (non-hydrogen) atoms. The van der Waals surface area contributed by atoms with Crippen molar-refractivity contribution < 1.29 is 9.59 Å². The molecule has 5 heteroatoms. The van der Waals surface area contributed by atoms with Gasteiger partial charge in [0.2, 0.25) is 11.8 Å². The number of fused-ring (bicyclic) bond motifs is 1. The van der Waals surface area contributed by atoms with E-state index in [0.717, 1.165) is 45.2 Å². The molecule has 2 N–H and O–H groups in total. The molecule has 0 aromatic rings. The SMILES string of the molecule is CCCCNC(=O)C1CCCN(C(=O)C2CC3CCCCC3N2)C1. The number of nitrogens with one attached hydrogen (secondary N) is 2. The van der Waals surface area contributed by atoms with Crippen molar-refractivity contribution in [2.24, 2.45) is 11.8 Å². The highest BCUT2D eigenvalue weighted by Crippen LogP contribution is 2.34. The predicted octanol–water partition coefficient (Wildman–Crippen LogP) is 2.06. The van der Waals surface area contributed by atoms with Crippen molar-refractivity contribution in [1.29, 1.82) is 0 Å². The maximum absolute atomic E-state index is 12.9. The number of unbranched alkanes of at least 4 members (excludes halogenated alkanes) is 1. The Morgan fingerprint density at radius 2 is 2.00 bits per heavy atom. The normalized spacial score (nSPS) is 33.1. The molecule has 5 nitrogen and oxygen atoms in total. The van der Waals surface area contributed by atoms with E-state index in [1.54, 1.807) is 0 Å². The second-order valence-electron chi connectivity index (χ2n) is 7.87. The molecule has 0 radical (unpaired) electrons. The standard InChI is InChI=1S/C19H33N3O2/c1-2-3-10-20-18(23)15-8-6-11-22(13-15)19(24)17-12-14-7-4-5-9-16(14)21-17/h14-17,21H,2-13H2,1H3,(H,20,23). The van der Waals surface area contributed by atoms with Crippen LogP contribution in [0.1, 0.15) is 64.7 Å². The van der Waals surface area contributed by atoms with Gasteiger partial charge in [-0.25, -0.2) is 0 Å². The van der Waals surface area contributed by atoms with E-state index in [9.17, 15) is 9.59 Å². The van der Waals surface area contributed by atoms with Gasteiger partial charge in [-0.05, 0) is 44.4 Å². The molecule has 3 rings (SSSR count). The summed E-state index contributed by atoms with van der Waals surface area (Å²) in [6.07, 6.45) is 10.0. The zero-order chi connectivity index (χ0) is 16.9. The van der Waals surface area contributed by atoms with E-state index in [4.69, 9.17) is 0 Å². The van der Waals surface area contributed by atoms with Crippen LogP contribution in [0.15, 0.2) is 0 Å². The van der Waals surface area contributed by atoms with E-state index in [1.165, 1.54) is 25.7 Å². The fourth-order valence-electron chi connectivity index (χ4n) is 4.65. The van der Waals surface area contributed by atoms with Crippen LogP contribution in [0.4, 0.5) is 0 Å². The molecule has 1 aliphatic carbocycles. The summed E-state index contributed by atoms with van der Waals surface area (Å²) in [6, 6.07) is 0.533. The third-order valence-electron chi connectivity index (χ3n) is 6.09. The number of carbonyl (C=O) groups is 2. The summed E-state index contributed by atoms with van der Waals surface area (Å²) >= 11 is 0. The number of nitrogens with zero attached hydrogens (tertiary/aromatic N) is 1. The second-order valence-corrected chi connectivity index (χ2v) is 7.87. The Labute approximate surface area is 145 Å². The lowest BCUT2D eigenvalue weighted by Gasteiger charge is -2.33. The first-order valence-corrected chi connectivity index (χ1v) is 10.0. The Kier molecular flexibility index (Phi) is 6.14. The van der Waals surface area contributed by atoms with E-state index in [2.05, 4.69) is 17.6 Å². The highest BCUT2D eigenvalue weighted by molar-refractivity contribution is 5.84. The molecule has 2 aliphatic heterocycles. The van der Waals surface area contributed by atoms with Crippen LogP contribution >= 0.6 is 0 Å². The van der Waals surface area contributed by atoms with E-state index >= 15 is 0 Å². The second kappa shape index (κ2) is 8.32. The van der Waals surface area contributed by atoms with Crippen LogP contribution < -0.4 is 10.6 Å². The van der Waals surface area contributed by atoms with Crippen LogP contribution in [0.25, 0.3) is 0 Å². The van der Waals surface area contributed by atoms with E-state index in [1.807, 2.05) is 4.90 Å². The molecule has 3 fully saturated rings. The van der Waals surface area contributed by atoms with Crippen molar-refractivity contribution in [3.05, 3.63) is 0 Å². The molecular formula is C19H33N3O2. The van der Waals surface area contributed by atoms with Crippen molar-refractivity contribution in [2.45, 2.75) is 76.8 Å². The molecule has 0 aromatic carbocycles. The molecule has 4 unspecified atom stereocenters. The van der Waals surface area contributed by atoms with E-state index in [0.29, 0.717) is 18.5 Å². The van der Waals surface area contributed by atoms with Crippen LogP contribution in [0.2, 0.25) is 0 Å². The summed E-state index contributed by atoms with van der Waals surface area (Å²) < 4.78 is 0. The third-order valence-corrected chi connectivity index (χ3v) is 6.09. The van der Waals surface area contributed by atoms with E-state index in [-0.39, 0.29) is 23.8 Å². The predicted molar refractivity (Wildman–Crippen MR) is 94.5 cm³/mol. The lowest BCUT2D eigenvalue weighted by Crippen LogP contribution is -2.51. The Balaban J connectivity index is 1.50. The van der Waals surface area contributed by atoms with Gasteiger partial charge in [-0.15, -0.1) is 0 Å². The number of rotatable bonds is 5. The average molecular weight is 335 g/mol. The van der Waals surface area contributed by atoms with Gasteiger partial charge in [0.25, 0.3) is 0 Å². The number of hydrogen-bond acceptors (Lipinski definition) is 3. The summed E-state index contributed by atoms with van der Waals surface area (Å²) in [7, 11) is 0. The summed E-state index contributed by atoms with van der Waals surface area (Å²) in [4.78, 5) is 27.2. The number of likely N-dealkylation sites (tertiary alicyclic amines) is 1. The van der Waals surface area contributed by atoms with Gasteiger partial charge < -0.3 is 15.5 Å². The zero-order valence-corrected chi connectivity index (χ0v) is 15.1. The summed E-state index contributed by atoms with van der Waals surface area (Å²) in [5, 5.41) is 6.61. The molecular weight excluding hydrogens is 302 g/mol. The lowest BCUT2D eigenvalue weighted by atomic mass is 9.85. The quantitative estimate of drug-likeness (QED) is 0.756. The molecule has 2 heterocycles. The van der Waals surface area contributed by atoms with Crippen LogP contribution in [0.5, 0.6) is 0 Å². The maximum atomic E-state index is 12.9. The topological polar surface area (TPSA) is 61.4 Å². The van der Waals surface area contributed by atoms with Gasteiger partial charge in [-0.1, -0.05) is 26.2 Å². The minimum Gasteiger partial charge on any atom is -0.356 e. The Hall–Kier alpha value is -1.10. The van der Waals surface area contributed by atoms with Gasteiger partial charge in [-0.3, -0.25) is 9.59 Å². The summed E-state index contributed by atoms with van der Waals surface area (Å²) in [5.41, 5.74) is 0. The van der Waals surface area contributed by atoms with Crippen LogP contribution in [0, 0.1) is 11.8 Å². The average Bonchev–Trinajstić information content (AvgIpc) is 3.05. The van der Waals surface area contributed by atoms with Crippen molar-refractivity contribution in [1.82, 2.24) is 15.5 Å². The molecule has 0 bridgehead atoms. The largest absolute Gasteiger partial charge is 0.356 e. The van der Waals surface area contributed by atoms with Crippen molar-refractivity contribution in [2.75, 3.05) is 19.6 Å². The number of carbonyl (C=O) groups excluding carboxylic acids is 2. The van der Waals surface area contributed by atoms with Gasteiger partial charge in [0.1, 0.15) is 0 Å². The molecule has 4 atom stereocenters. The monoisotopic (exact) mass is 335 g/mol. The highest BCUT2D eigenvalue weighted by atomic mass is 16.2. The Bertz CT molecular complexity index is 440. The molecule has 2 saturated heterocycles. The highest BCUT2D eigenvalue weighted by Gasteiger charge is 2.40. The first-order chi connectivity index (χ1) is 11.7. The smallest absolute Gasteiger partial charge is 0.239 e. The van der Waals surface area contributed by atoms with Gasteiger partial charge in [-0.2, -0.15) is 0 Å². The van der Waals surface area contributed by atoms with Crippen LogP contribution in [0.3, 0.4) is 0 Å². The van der Waals surface area contributed by atoms with E-state index < -0.39 is 0 Å². The van der Waals surface area contributed by atoms with Crippen LogP contribution in [-0.2, 0) is 9.59 Å². The molecule has 1 saturated carbocycles.